The third kappa shape index (κ3) is 3.87. The third-order valence-electron chi connectivity index (χ3n) is 4.98. The maximum Gasteiger partial charge on any atom is 0.262 e. The van der Waals surface area contributed by atoms with E-state index in [2.05, 4.69) is 4.72 Å². The lowest BCUT2D eigenvalue weighted by Gasteiger charge is -2.09. The number of aromatic nitrogens is 1. The summed E-state index contributed by atoms with van der Waals surface area (Å²) < 4.78 is 30.0. The Bertz CT molecular complexity index is 1440. The second-order valence-electron chi connectivity index (χ2n) is 7.11. The van der Waals surface area contributed by atoms with E-state index in [9.17, 15) is 8.42 Å². The molecule has 0 saturated carbocycles. The van der Waals surface area contributed by atoms with E-state index in [1.165, 1.54) is 11.3 Å². The fourth-order valence-corrected chi connectivity index (χ4v) is 6.82. The minimum atomic E-state index is -3.72. The predicted molar refractivity (Wildman–Crippen MR) is 130 cm³/mol. The average molecular weight is 463 g/mol. The van der Waals surface area contributed by atoms with Gasteiger partial charge in [-0.15, -0.1) is 22.7 Å². The lowest BCUT2D eigenvalue weighted by Crippen LogP contribution is -2.12. The summed E-state index contributed by atoms with van der Waals surface area (Å²) >= 11 is 2.94. The first-order chi connectivity index (χ1) is 15.0. The number of thiophene rings is 1. The molecule has 3 aromatic carbocycles. The standard InChI is InChI=1S/C24H18N2O2S3/c1-16-15-29-24(22(16)23-25-20-9-5-6-10-21(20)30-23)26-31(27,28)19-13-11-18(12-14-19)17-7-3-2-4-8-17/h2-15,26H,1H3. The van der Waals surface area contributed by atoms with Gasteiger partial charge in [-0.25, -0.2) is 13.4 Å². The van der Waals surface area contributed by atoms with Gasteiger partial charge in [0.1, 0.15) is 10.0 Å². The summed E-state index contributed by atoms with van der Waals surface area (Å²) in [6.45, 7) is 1.98. The van der Waals surface area contributed by atoms with Gasteiger partial charge in [-0.2, -0.15) is 0 Å². The molecule has 7 heteroatoms. The van der Waals surface area contributed by atoms with Crippen molar-refractivity contribution in [1.29, 1.82) is 0 Å². The van der Waals surface area contributed by atoms with Crippen molar-refractivity contribution in [1.82, 2.24) is 4.98 Å². The molecule has 2 aromatic heterocycles. The van der Waals surface area contributed by atoms with E-state index < -0.39 is 10.0 Å². The van der Waals surface area contributed by atoms with Crippen LogP contribution in [0, 0.1) is 6.92 Å². The van der Waals surface area contributed by atoms with E-state index in [1.807, 2.05) is 79.0 Å². The Balaban J connectivity index is 1.47. The summed E-state index contributed by atoms with van der Waals surface area (Å²) in [6.07, 6.45) is 0. The molecule has 0 aliphatic heterocycles. The molecule has 0 radical (unpaired) electrons. The minimum absolute atomic E-state index is 0.230. The largest absolute Gasteiger partial charge is 0.270 e. The molecular formula is C24H18N2O2S3. The summed E-state index contributed by atoms with van der Waals surface area (Å²) in [5, 5.41) is 3.36. The van der Waals surface area contributed by atoms with Gasteiger partial charge < -0.3 is 0 Å². The highest BCUT2D eigenvalue weighted by molar-refractivity contribution is 7.93. The smallest absolute Gasteiger partial charge is 0.262 e. The van der Waals surface area contributed by atoms with Crippen molar-refractivity contribution in [2.24, 2.45) is 0 Å². The number of aryl methyl sites for hydroxylation is 1. The highest BCUT2D eigenvalue weighted by atomic mass is 32.2. The van der Waals surface area contributed by atoms with Crippen molar-refractivity contribution in [3.8, 4) is 21.7 Å². The summed E-state index contributed by atoms with van der Waals surface area (Å²) in [4.78, 5) is 4.95. The molecule has 0 bridgehead atoms. The van der Waals surface area contributed by atoms with Gasteiger partial charge in [0.05, 0.1) is 15.1 Å². The van der Waals surface area contributed by atoms with Gasteiger partial charge in [0.15, 0.2) is 0 Å². The Labute approximate surface area is 188 Å². The maximum atomic E-state index is 13.1. The van der Waals surface area contributed by atoms with Crippen molar-refractivity contribution in [3.05, 3.63) is 89.8 Å². The number of hydrogen-bond donors (Lipinski definition) is 1. The highest BCUT2D eigenvalue weighted by Crippen LogP contribution is 2.41. The number of benzene rings is 3. The number of thiazole rings is 1. The molecule has 0 unspecified atom stereocenters. The summed E-state index contributed by atoms with van der Waals surface area (Å²) in [7, 11) is -3.72. The van der Waals surface area contributed by atoms with Crippen molar-refractivity contribution in [2.45, 2.75) is 11.8 Å². The van der Waals surface area contributed by atoms with Crippen LogP contribution in [-0.2, 0) is 10.0 Å². The average Bonchev–Trinajstić information content (AvgIpc) is 3.37. The summed E-state index contributed by atoms with van der Waals surface area (Å²) in [5.41, 5.74) is 4.78. The molecule has 0 aliphatic rings. The topological polar surface area (TPSA) is 59.1 Å². The van der Waals surface area contributed by atoms with Crippen molar-refractivity contribution >= 4 is 47.9 Å². The molecule has 5 rings (SSSR count). The van der Waals surface area contributed by atoms with Gasteiger partial charge in [-0.1, -0.05) is 54.6 Å². The van der Waals surface area contributed by atoms with Crippen molar-refractivity contribution < 1.29 is 8.42 Å². The molecule has 154 valence electrons. The molecule has 0 saturated heterocycles. The van der Waals surface area contributed by atoms with Crippen LogP contribution in [0.3, 0.4) is 0 Å². The Kier molecular flexibility index (Phi) is 5.09. The number of fused-ring (bicyclic) bond motifs is 1. The molecule has 1 N–H and O–H groups in total. The molecule has 0 spiro atoms. The van der Waals surface area contributed by atoms with Crippen LogP contribution in [0.25, 0.3) is 31.9 Å². The Hall–Kier alpha value is -3.00. The van der Waals surface area contributed by atoms with Crippen LogP contribution in [0.5, 0.6) is 0 Å². The van der Waals surface area contributed by atoms with Gasteiger partial charge >= 0.3 is 0 Å². The van der Waals surface area contributed by atoms with Crippen LogP contribution in [0.2, 0.25) is 0 Å². The van der Waals surface area contributed by atoms with Crippen LogP contribution in [0.15, 0.2) is 89.1 Å². The third-order valence-corrected chi connectivity index (χ3v) is 8.54. The molecular weight excluding hydrogens is 444 g/mol. The van der Waals surface area contributed by atoms with Gasteiger partial charge in [-0.3, -0.25) is 4.72 Å². The van der Waals surface area contributed by atoms with Crippen LogP contribution in [0.4, 0.5) is 5.00 Å². The molecule has 0 aliphatic carbocycles. The second-order valence-corrected chi connectivity index (χ2v) is 10.7. The van der Waals surface area contributed by atoms with E-state index in [0.29, 0.717) is 5.00 Å². The Morgan fingerprint density at radius 3 is 2.26 bits per heavy atom. The SMILES string of the molecule is Cc1csc(NS(=O)(=O)c2ccc(-c3ccccc3)cc2)c1-c1nc2ccccc2s1. The highest BCUT2D eigenvalue weighted by Gasteiger charge is 2.21. The lowest BCUT2D eigenvalue weighted by atomic mass is 10.1. The van der Waals surface area contributed by atoms with Gasteiger partial charge in [0, 0.05) is 5.56 Å². The van der Waals surface area contributed by atoms with Crippen molar-refractivity contribution in [2.75, 3.05) is 4.72 Å². The van der Waals surface area contributed by atoms with Crippen LogP contribution in [0.1, 0.15) is 5.56 Å². The van der Waals surface area contributed by atoms with E-state index in [4.69, 9.17) is 4.98 Å². The molecule has 4 nitrogen and oxygen atoms in total. The molecule has 5 aromatic rings. The monoisotopic (exact) mass is 462 g/mol. The minimum Gasteiger partial charge on any atom is -0.270 e. The van der Waals surface area contributed by atoms with Crippen LogP contribution < -0.4 is 4.72 Å². The second kappa shape index (κ2) is 7.92. The molecule has 0 fully saturated rings. The Morgan fingerprint density at radius 1 is 0.839 bits per heavy atom. The molecule has 31 heavy (non-hydrogen) atoms. The predicted octanol–water partition coefficient (Wildman–Crippen LogP) is 6.80. The van der Waals surface area contributed by atoms with Crippen molar-refractivity contribution in [3.63, 3.8) is 0 Å². The van der Waals surface area contributed by atoms with Gasteiger partial charge in [0.2, 0.25) is 0 Å². The van der Waals surface area contributed by atoms with Gasteiger partial charge in [-0.05, 0) is 53.3 Å². The van der Waals surface area contributed by atoms with E-state index in [0.717, 1.165) is 37.5 Å². The first-order valence-electron chi connectivity index (χ1n) is 9.63. The fraction of sp³-hybridized carbons (Fsp3) is 0.0417. The van der Waals surface area contributed by atoms with Crippen LogP contribution >= 0.6 is 22.7 Å². The number of para-hydroxylation sites is 1. The van der Waals surface area contributed by atoms with Crippen LogP contribution in [-0.4, -0.2) is 13.4 Å². The first-order valence-corrected chi connectivity index (χ1v) is 12.8. The quantitative estimate of drug-likeness (QED) is 0.312. The van der Waals surface area contributed by atoms with E-state index in [-0.39, 0.29) is 4.90 Å². The number of nitrogens with zero attached hydrogens (tertiary/aromatic N) is 1. The molecule has 2 heterocycles. The van der Waals surface area contributed by atoms with Gasteiger partial charge in [0.25, 0.3) is 10.0 Å². The summed E-state index contributed by atoms with van der Waals surface area (Å²) in [5.74, 6) is 0. The van der Waals surface area contributed by atoms with E-state index >= 15 is 0 Å². The normalized spacial score (nSPS) is 11.6. The first kappa shape index (κ1) is 19.9. The zero-order valence-corrected chi connectivity index (χ0v) is 19.0. The summed E-state index contributed by atoms with van der Waals surface area (Å²) in [6, 6.07) is 24.8. The molecule has 0 atom stereocenters. The lowest BCUT2D eigenvalue weighted by molar-refractivity contribution is 0.601. The zero-order chi connectivity index (χ0) is 21.4. The number of anilines is 1. The number of sulfonamides is 1. The Morgan fingerprint density at radius 2 is 1.52 bits per heavy atom. The molecule has 0 amide bonds. The number of rotatable bonds is 5. The maximum absolute atomic E-state index is 13.1. The fourth-order valence-electron chi connectivity index (χ4n) is 3.40. The van der Waals surface area contributed by atoms with E-state index in [1.54, 1.807) is 23.5 Å². The zero-order valence-electron chi connectivity index (χ0n) is 16.6. The number of hydrogen-bond acceptors (Lipinski definition) is 5. The number of nitrogens with one attached hydrogen (secondary N) is 1.